The van der Waals surface area contributed by atoms with E-state index in [-0.39, 0.29) is 15.9 Å². The van der Waals surface area contributed by atoms with Crippen molar-refractivity contribution >= 4 is 34.9 Å². The topological polar surface area (TPSA) is 80.7 Å². The van der Waals surface area contributed by atoms with Crippen molar-refractivity contribution in [2.75, 3.05) is 5.32 Å². The molecule has 1 amide bonds. The van der Waals surface area contributed by atoms with Crippen molar-refractivity contribution in [1.29, 1.82) is 0 Å². The first-order valence-electron chi connectivity index (χ1n) is 4.44. The second-order valence-corrected chi connectivity index (χ2v) is 3.68. The van der Waals surface area contributed by atoms with E-state index in [1.165, 1.54) is 12.3 Å². The number of halogens is 2. The van der Waals surface area contributed by atoms with Crippen molar-refractivity contribution in [3.63, 3.8) is 0 Å². The highest BCUT2D eigenvalue weighted by molar-refractivity contribution is 6.34. The number of aromatic nitrogens is 4. The molecular formula is C9H5Cl2N5O. The van der Waals surface area contributed by atoms with Crippen molar-refractivity contribution < 1.29 is 4.79 Å². The van der Waals surface area contributed by atoms with Crippen molar-refractivity contribution in [1.82, 2.24) is 20.4 Å². The Labute approximate surface area is 106 Å². The third-order valence-electron chi connectivity index (χ3n) is 1.78. The van der Waals surface area contributed by atoms with Gasteiger partial charge in [-0.05, 0) is 18.2 Å². The molecule has 0 aliphatic carbocycles. The minimum absolute atomic E-state index is 0.0317. The van der Waals surface area contributed by atoms with Gasteiger partial charge >= 0.3 is 0 Å². The first kappa shape index (κ1) is 11.7. The number of hydrogen-bond acceptors (Lipinski definition) is 5. The lowest BCUT2D eigenvalue weighted by Crippen LogP contribution is -2.14. The van der Waals surface area contributed by atoms with Crippen LogP contribution >= 0.6 is 23.2 Å². The SMILES string of the molecule is O=C(Nc1cccnn1)c1cc(Cl)nnc1Cl. The summed E-state index contributed by atoms with van der Waals surface area (Å²) in [6.07, 6.45) is 1.49. The standard InChI is InChI=1S/C9H5Cl2N5O/c10-6-4-5(8(11)16-14-6)9(17)13-7-2-1-3-12-15-7/h1-4H,(H,13,15,17). The molecule has 6 nitrogen and oxygen atoms in total. The molecule has 2 heterocycles. The molecule has 0 saturated heterocycles. The van der Waals surface area contributed by atoms with Crippen LogP contribution in [0.4, 0.5) is 5.82 Å². The zero-order valence-electron chi connectivity index (χ0n) is 8.26. The van der Waals surface area contributed by atoms with Crippen LogP contribution < -0.4 is 5.32 Å². The molecule has 0 atom stereocenters. The van der Waals surface area contributed by atoms with Crippen LogP contribution in [0.1, 0.15) is 10.4 Å². The van der Waals surface area contributed by atoms with Gasteiger partial charge in [0.05, 0.1) is 5.56 Å². The molecule has 0 unspecified atom stereocenters. The molecule has 0 radical (unpaired) electrons. The smallest absolute Gasteiger partial charge is 0.260 e. The van der Waals surface area contributed by atoms with Gasteiger partial charge in [-0.3, -0.25) is 4.79 Å². The molecule has 0 aromatic carbocycles. The van der Waals surface area contributed by atoms with Crippen LogP contribution in [0.3, 0.4) is 0 Å². The van der Waals surface area contributed by atoms with Gasteiger partial charge < -0.3 is 5.32 Å². The van der Waals surface area contributed by atoms with Gasteiger partial charge in [0.1, 0.15) is 0 Å². The van der Waals surface area contributed by atoms with Gasteiger partial charge in [0, 0.05) is 6.20 Å². The molecule has 0 aliphatic rings. The molecule has 2 aromatic heterocycles. The average Bonchev–Trinajstić information content (AvgIpc) is 2.33. The van der Waals surface area contributed by atoms with E-state index in [1.54, 1.807) is 12.1 Å². The highest BCUT2D eigenvalue weighted by Crippen LogP contribution is 2.16. The minimum Gasteiger partial charge on any atom is -0.305 e. The molecule has 0 spiro atoms. The van der Waals surface area contributed by atoms with Gasteiger partial charge in [-0.1, -0.05) is 23.2 Å². The zero-order chi connectivity index (χ0) is 12.3. The maximum Gasteiger partial charge on any atom is 0.260 e. The van der Waals surface area contributed by atoms with E-state index >= 15 is 0 Å². The van der Waals surface area contributed by atoms with Gasteiger partial charge in [0.25, 0.3) is 5.91 Å². The summed E-state index contributed by atoms with van der Waals surface area (Å²) < 4.78 is 0. The second kappa shape index (κ2) is 5.03. The number of nitrogens with one attached hydrogen (secondary N) is 1. The number of anilines is 1. The second-order valence-electron chi connectivity index (χ2n) is 2.93. The molecule has 17 heavy (non-hydrogen) atoms. The molecule has 1 N–H and O–H groups in total. The number of hydrogen-bond donors (Lipinski definition) is 1. The first-order chi connectivity index (χ1) is 8.16. The minimum atomic E-state index is -0.479. The molecule has 2 rings (SSSR count). The van der Waals surface area contributed by atoms with Gasteiger partial charge in [-0.25, -0.2) is 0 Å². The van der Waals surface area contributed by atoms with Gasteiger partial charge in [-0.2, -0.15) is 5.10 Å². The van der Waals surface area contributed by atoms with E-state index in [9.17, 15) is 4.79 Å². The lowest BCUT2D eigenvalue weighted by Gasteiger charge is -2.04. The molecular weight excluding hydrogens is 265 g/mol. The molecule has 0 fully saturated rings. The quantitative estimate of drug-likeness (QED) is 0.900. The summed E-state index contributed by atoms with van der Waals surface area (Å²) >= 11 is 11.4. The highest BCUT2D eigenvalue weighted by atomic mass is 35.5. The van der Waals surface area contributed by atoms with Crippen LogP contribution in [-0.4, -0.2) is 26.3 Å². The summed E-state index contributed by atoms with van der Waals surface area (Å²) in [6, 6.07) is 4.56. The lowest BCUT2D eigenvalue weighted by atomic mass is 10.3. The van der Waals surface area contributed by atoms with E-state index in [0.717, 1.165) is 0 Å². The van der Waals surface area contributed by atoms with Crippen LogP contribution in [-0.2, 0) is 0 Å². The Hall–Kier alpha value is -1.79. The Bertz CT molecular complexity index is 548. The van der Waals surface area contributed by atoms with Gasteiger partial charge in [0.2, 0.25) is 0 Å². The Kier molecular flexibility index (Phi) is 3.46. The Morgan fingerprint density at radius 3 is 2.76 bits per heavy atom. The molecule has 0 aliphatic heterocycles. The van der Waals surface area contributed by atoms with Crippen LogP contribution in [0.15, 0.2) is 24.4 Å². The number of amides is 1. The van der Waals surface area contributed by atoms with Crippen LogP contribution in [0.2, 0.25) is 10.3 Å². The number of carbonyl (C=O) groups excluding carboxylic acids is 1. The summed E-state index contributed by atoms with van der Waals surface area (Å²) in [6.45, 7) is 0. The number of carbonyl (C=O) groups is 1. The fourth-order valence-electron chi connectivity index (χ4n) is 1.06. The average molecular weight is 270 g/mol. The normalized spacial score (nSPS) is 10.0. The fourth-order valence-corrected chi connectivity index (χ4v) is 1.39. The largest absolute Gasteiger partial charge is 0.305 e. The zero-order valence-corrected chi connectivity index (χ0v) is 9.77. The molecule has 86 valence electrons. The van der Waals surface area contributed by atoms with Crippen LogP contribution in [0.5, 0.6) is 0 Å². The fraction of sp³-hybridized carbons (Fsp3) is 0. The van der Waals surface area contributed by atoms with Crippen molar-refractivity contribution in [2.45, 2.75) is 0 Å². The Morgan fingerprint density at radius 2 is 2.06 bits per heavy atom. The summed E-state index contributed by atoms with van der Waals surface area (Å²) in [4.78, 5) is 11.8. The molecule has 0 bridgehead atoms. The number of nitrogens with zero attached hydrogens (tertiary/aromatic N) is 4. The van der Waals surface area contributed by atoms with Gasteiger partial charge in [-0.15, -0.1) is 15.3 Å². The first-order valence-corrected chi connectivity index (χ1v) is 5.20. The van der Waals surface area contributed by atoms with Crippen molar-refractivity contribution in [3.8, 4) is 0 Å². The van der Waals surface area contributed by atoms with E-state index in [1.807, 2.05) is 0 Å². The predicted octanol–water partition coefficient (Wildman–Crippen LogP) is 1.83. The van der Waals surface area contributed by atoms with E-state index in [2.05, 4.69) is 25.7 Å². The third kappa shape index (κ3) is 2.86. The van der Waals surface area contributed by atoms with E-state index in [4.69, 9.17) is 23.2 Å². The van der Waals surface area contributed by atoms with Gasteiger partial charge in [0.15, 0.2) is 16.1 Å². The molecule has 0 saturated carbocycles. The highest BCUT2D eigenvalue weighted by Gasteiger charge is 2.13. The lowest BCUT2D eigenvalue weighted by molar-refractivity contribution is 0.102. The molecule has 2 aromatic rings. The van der Waals surface area contributed by atoms with E-state index < -0.39 is 5.91 Å². The third-order valence-corrected chi connectivity index (χ3v) is 2.24. The predicted molar refractivity (Wildman–Crippen MR) is 62.0 cm³/mol. The summed E-state index contributed by atoms with van der Waals surface area (Å²) in [5.41, 5.74) is 0.123. The molecule has 8 heteroatoms. The van der Waals surface area contributed by atoms with E-state index in [0.29, 0.717) is 5.82 Å². The maximum atomic E-state index is 11.8. The summed E-state index contributed by atoms with van der Waals surface area (Å²) in [7, 11) is 0. The summed E-state index contributed by atoms with van der Waals surface area (Å²) in [5, 5.41) is 16.9. The van der Waals surface area contributed by atoms with Crippen LogP contribution in [0.25, 0.3) is 0 Å². The van der Waals surface area contributed by atoms with Crippen molar-refractivity contribution in [2.24, 2.45) is 0 Å². The Balaban J connectivity index is 2.23. The Morgan fingerprint density at radius 1 is 1.24 bits per heavy atom. The number of rotatable bonds is 2. The van der Waals surface area contributed by atoms with Crippen LogP contribution in [0, 0.1) is 0 Å². The maximum absolute atomic E-state index is 11.8. The monoisotopic (exact) mass is 269 g/mol. The van der Waals surface area contributed by atoms with Crippen molar-refractivity contribution in [3.05, 3.63) is 40.3 Å². The summed E-state index contributed by atoms with van der Waals surface area (Å²) in [5.74, 6) is -0.172.